The third-order valence-electron chi connectivity index (χ3n) is 6.45. The number of nitrogens with one attached hydrogen (secondary N) is 2. The zero-order valence-electron chi connectivity index (χ0n) is 21.4. The first-order chi connectivity index (χ1) is 18.6. The number of halogens is 2. The highest BCUT2D eigenvalue weighted by Gasteiger charge is 2.27. The molecule has 3 heterocycles. The molecule has 2 N–H and O–H groups in total. The zero-order chi connectivity index (χ0) is 26.5. The Morgan fingerprint density at radius 1 is 1.29 bits per heavy atom. The van der Waals surface area contributed by atoms with Crippen LogP contribution in [0.1, 0.15) is 18.2 Å². The van der Waals surface area contributed by atoms with Gasteiger partial charge in [0.2, 0.25) is 0 Å². The average Bonchev–Trinajstić information content (AvgIpc) is 3.50. The Labute approximate surface area is 234 Å². The number of aryl methyl sites for hydroxylation is 1. The minimum Gasteiger partial charge on any atom is -0.488 e. The van der Waals surface area contributed by atoms with E-state index in [1.807, 2.05) is 43.1 Å². The third kappa shape index (κ3) is 5.83. The van der Waals surface area contributed by atoms with E-state index in [2.05, 4.69) is 31.5 Å². The highest BCUT2D eigenvalue weighted by Crippen LogP contribution is 2.45. The number of hydrogen-bond donors (Lipinski definition) is 2. The maximum Gasteiger partial charge on any atom is 0.142 e. The molecule has 0 aliphatic heterocycles. The first kappa shape index (κ1) is 26.9. The number of thiophene rings is 1. The number of aromatic nitrogens is 4. The number of rotatable bonds is 12. The molecule has 0 saturated carbocycles. The topological polar surface area (TPSA) is 76.9 Å². The summed E-state index contributed by atoms with van der Waals surface area (Å²) in [6, 6.07) is 5.52. The minimum absolute atomic E-state index is 0.289. The summed E-state index contributed by atoms with van der Waals surface area (Å²) in [6.07, 6.45) is 9.05. The molecule has 0 radical (unpaired) electrons. The Balaban J connectivity index is 1.36. The molecule has 0 amide bonds. The summed E-state index contributed by atoms with van der Waals surface area (Å²) in [5.41, 5.74) is 5.37. The highest BCUT2D eigenvalue weighted by molar-refractivity contribution is 7.98. The largest absolute Gasteiger partial charge is 0.488 e. The smallest absolute Gasteiger partial charge is 0.142 e. The summed E-state index contributed by atoms with van der Waals surface area (Å²) < 4.78 is 20.3. The average molecular weight is 573 g/mol. The van der Waals surface area contributed by atoms with Gasteiger partial charge in [-0.25, -0.2) is 14.4 Å². The van der Waals surface area contributed by atoms with Crippen LogP contribution in [0.5, 0.6) is 5.75 Å². The van der Waals surface area contributed by atoms with Crippen molar-refractivity contribution in [3.8, 4) is 16.2 Å². The van der Waals surface area contributed by atoms with Crippen LogP contribution in [0.25, 0.3) is 20.7 Å². The summed E-state index contributed by atoms with van der Waals surface area (Å²) in [5.74, 6) is 2.42. The summed E-state index contributed by atoms with van der Waals surface area (Å²) in [7, 11) is 0. The standard InChI is InChI=1S/C27H30ClFN6OS2/c1-17(7-8-29)15-36-23-6-3-18(13-21(23)28)34-26-24-19-4-5-22-20(25(19)38-27(24)32-16-31-26)14-33-35(22)11-9-30-10-12-37-2/h3,6-7,13-14,16,30H,4-5,8-12,15H2,1-2H3,(H,31,32,34)/b17-7+. The Hall–Kier alpha value is -2.66. The Kier molecular flexibility index (Phi) is 8.83. The van der Waals surface area contributed by atoms with Crippen molar-refractivity contribution >= 4 is 56.4 Å². The third-order valence-corrected chi connectivity index (χ3v) is 8.53. The molecule has 0 bridgehead atoms. The number of alkyl halides is 1. The molecule has 200 valence electrons. The fourth-order valence-electron chi connectivity index (χ4n) is 4.54. The van der Waals surface area contributed by atoms with E-state index < -0.39 is 6.67 Å². The van der Waals surface area contributed by atoms with Gasteiger partial charge < -0.3 is 15.4 Å². The number of benzene rings is 1. The van der Waals surface area contributed by atoms with Crippen LogP contribution in [-0.4, -0.2) is 58.1 Å². The van der Waals surface area contributed by atoms with Gasteiger partial charge in [0.25, 0.3) is 0 Å². The summed E-state index contributed by atoms with van der Waals surface area (Å²) >= 11 is 10.0. The second-order valence-corrected chi connectivity index (χ2v) is 11.4. The van der Waals surface area contributed by atoms with E-state index in [0.29, 0.717) is 10.8 Å². The van der Waals surface area contributed by atoms with E-state index in [4.69, 9.17) is 21.4 Å². The van der Waals surface area contributed by atoms with Gasteiger partial charge in [0.15, 0.2) is 0 Å². The minimum atomic E-state index is -0.509. The number of nitrogens with zero attached hydrogens (tertiary/aromatic N) is 4. The first-order valence-electron chi connectivity index (χ1n) is 12.5. The van der Waals surface area contributed by atoms with E-state index in [1.165, 1.54) is 27.8 Å². The quantitative estimate of drug-likeness (QED) is 0.152. The lowest BCUT2D eigenvalue weighted by Crippen LogP contribution is -2.24. The van der Waals surface area contributed by atoms with Crippen molar-refractivity contribution in [2.45, 2.75) is 26.3 Å². The SMILES string of the molecule is CSCCNCCn1ncc2c1CCc1c-2sc2ncnc(Nc3ccc(OC/C(C)=C/CF)c(Cl)c3)c12. The lowest BCUT2D eigenvalue weighted by molar-refractivity contribution is 0.351. The van der Waals surface area contributed by atoms with Crippen molar-refractivity contribution in [3.63, 3.8) is 0 Å². The molecule has 1 aliphatic rings. The Bertz CT molecular complexity index is 1450. The Morgan fingerprint density at radius 2 is 2.18 bits per heavy atom. The van der Waals surface area contributed by atoms with E-state index in [-0.39, 0.29) is 6.61 Å². The summed E-state index contributed by atoms with van der Waals surface area (Å²) in [6.45, 7) is 4.39. The van der Waals surface area contributed by atoms with E-state index in [9.17, 15) is 4.39 Å². The van der Waals surface area contributed by atoms with E-state index >= 15 is 0 Å². The van der Waals surface area contributed by atoms with Crippen molar-refractivity contribution in [1.29, 1.82) is 0 Å². The van der Waals surface area contributed by atoms with Crippen molar-refractivity contribution < 1.29 is 9.13 Å². The van der Waals surface area contributed by atoms with Gasteiger partial charge in [0.05, 0.1) is 23.2 Å². The zero-order valence-corrected chi connectivity index (χ0v) is 23.8. The summed E-state index contributed by atoms with van der Waals surface area (Å²) in [5, 5.41) is 13.2. The second kappa shape index (κ2) is 12.5. The van der Waals surface area contributed by atoms with Gasteiger partial charge in [-0.15, -0.1) is 11.3 Å². The molecule has 38 heavy (non-hydrogen) atoms. The molecule has 0 fully saturated rings. The second-order valence-electron chi connectivity index (χ2n) is 9.05. The summed E-state index contributed by atoms with van der Waals surface area (Å²) in [4.78, 5) is 11.3. The fraction of sp³-hybridized carbons (Fsp3) is 0.370. The van der Waals surface area contributed by atoms with Crippen LogP contribution in [0, 0.1) is 0 Å². The Morgan fingerprint density at radius 3 is 3.00 bits per heavy atom. The number of thioether (sulfide) groups is 1. The van der Waals surface area contributed by atoms with Gasteiger partial charge in [-0.05, 0) is 55.4 Å². The monoisotopic (exact) mass is 572 g/mol. The highest BCUT2D eigenvalue weighted by atomic mass is 35.5. The molecule has 0 spiro atoms. The molecule has 11 heteroatoms. The number of fused-ring (bicyclic) bond motifs is 5. The molecule has 1 aliphatic carbocycles. The fourth-order valence-corrected chi connectivity index (χ4v) is 6.35. The van der Waals surface area contributed by atoms with Crippen LogP contribution in [0.2, 0.25) is 5.02 Å². The van der Waals surface area contributed by atoms with Crippen LogP contribution in [0.15, 0.2) is 42.4 Å². The van der Waals surface area contributed by atoms with Crippen LogP contribution in [-0.2, 0) is 19.4 Å². The van der Waals surface area contributed by atoms with Gasteiger partial charge in [0.1, 0.15) is 36.0 Å². The van der Waals surface area contributed by atoms with E-state index in [0.717, 1.165) is 65.5 Å². The van der Waals surface area contributed by atoms with Crippen molar-refractivity contribution in [2.75, 3.05) is 43.7 Å². The molecular weight excluding hydrogens is 543 g/mol. The lowest BCUT2D eigenvalue weighted by atomic mass is 9.95. The predicted molar refractivity (Wildman–Crippen MR) is 157 cm³/mol. The normalized spacial score (nSPS) is 13.0. The van der Waals surface area contributed by atoms with Gasteiger partial charge in [-0.2, -0.15) is 16.9 Å². The van der Waals surface area contributed by atoms with Crippen LogP contribution in [0.4, 0.5) is 15.9 Å². The van der Waals surface area contributed by atoms with Gasteiger partial charge >= 0.3 is 0 Å². The predicted octanol–water partition coefficient (Wildman–Crippen LogP) is 6.30. The first-order valence-corrected chi connectivity index (χ1v) is 15.1. The maximum atomic E-state index is 12.5. The van der Waals surface area contributed by atoms with Crippen LogP contribution < -0.4 is 15.4 Å². The molecule has 0 atom stereocenters. The molecule has 1 aromatic carbocycles. The van der Waals surface area contributed by atoms with Crippen LogP contribution >= 0.6 is 34.7 Å². The number of allylic oxidation sites excluding steroid dienone is 1. The van der Waals surface area contributed by atoms with Crippen LogP contribution in [0.3, 0.4) is 0 Å². The molecule has 5 rings (SSSR count). The number of anilines is 2. The molecule has 0 unspecified atom stereocenters. The lowest BCUT2D eigenvalue weighted by Gasteiger charge is -2.16. The molecule has 0 saturated heterocycles. The van der Waals surface area contributed by atoms with Crippen molar-refractivity contribution in [3.05, 3.63) is 58.7 Å². The molecule has 7 nitrogen and oxygen atoms in total. The number of hydrogen-bond acceptors (Lipinski definition) is 8. The van der Waals surface area contributed by atoms with Gasteiger partial charge in [-0.1, -0.05) is 17.7 Å². The molecule has 3 aromatic heterocycles. The maximum absolute atomic E-state index is 12.5. The van der Waals surface area contributed by atoms with Gasteiger partial charge in [-0.3, -0.25) is 4.68 Å². The van der Waals surface area contributed by atoms with Gasteiger partial charge in [0, 0.05) is 40.7 Å². The molecular formula is C27H30ClFN6OS2. The number of ether oxygens (including phenoxy) is 1. The molecule has 4 aromatic rings. The van der Waals surface area contributed by atoms with E-state index in [1.54, 1.807) is 17.7 Å². The van der Waals surface area contributed by atoms with Crippen molar-refractivity contribution in [2.24, 2.45) is 0 Å². The van der Waals surface area contributed by atoms with Crippen molar-refractivity contribution in [1.82, 2.24) is 25.1 Å².